The lowest BCUT2D eigenvalue weighted by atomic mass is 9.99. The summed E-state index contributed by atoms with van der Waals surface area (Å²) in [6, 6.07) is 8.15. The van der Waals surface area contributed by atoms with Crippen molar-refractivity contribution >= 4 is 22.4 Å². The van der Waals surface area contributed by atoms with E-state index in [4.69, 9.17) is 0 Å². The summed E-state index contributed by atoms with van der Waals surface area (Å²) >= 11 is 0. The van der Waals surface area contributed by atoms with Crippen molar-refractivity contribution in [2.45, 2.75) is 24.8 Å². The van der Waals surface area contributed by atoms with Gasteiger partial charge in [0, 0.05) is 40.6 Å². The lowest BCUT2D eigenvalue weighted by molar-refractivity contribution is -0.122. The number of hydrogen-bond donors (Lipinski definition) is 2. The number of anilines is 1. The van der Waals surface area contributed by atoms with Gasteiger partial charge in [0.25, 0.3) is 0 Å². The first-order chi connectivity index (χ1) is 9.24. The Labute approximate surface area is 115 Å². The fraction of sp³-hybridized carbons (Fsp3) is 0.500. The molecule has 0 aromatic heterocycles. The SMILES string of the molecule is O=C(NC1CCS(=O)CC1)C1CNc2ccccc21. The first-order valence-corrected chi connectivity index (χ1v) is 8.21. The van der Waals surface area contributed by atoms with Gasteiger partial charge >= 0.3 is 0 Å². The maximum absolute atomic E-state index is 12.3. The molecule has 1 unspecified atom stereocenters. The molecule has 2 heterocycles. The molecule has 0 spiro atoms. The summed E-state index contributed by atoms with van der Waals surface area (Å²) in [5.41, 5.74) is 2.15. The largest absolute Gasteiger partial charge is 0.384 e. The van der Waals surface area contributed by atoms with Crippen LogP contribution in [0.1, 0.15) is 24.3 Å². The third-order valence-electron chi connectivity index (χ3n) is 3.88. The van der Waals surface area contributed by atoms with Gasteiger partial charge in [0.2, 0.25) is 5.91 Å². The lowest BCUT2D eigenvalue weighted by Crippen LogP contribution is -2.42. The van der Waals surface area contributed by atoms with Crippen LogP contribution < -0.4 is 10.6 Å². The van der Waals surface area contributed by atoms with Crippen molar-refractivity contribution in [1.29, 1.82) is 0 Å². The van der Waals surface area contributed by atoms with Gasteiger partial charge in [-0.25, -0.2) is 0 Å². The quantitative estimate of drug-likeness (QED) is 0.855. The third-order valence-corrected chi connectivity index (χ3v) is 5.27. The summed E-state index contributed by atoms with van der Waals surface area (Å²) < 4.78 is 11.3. The van der Waals surface area contributed by atoms with Crippen LogP contribution in [-0.4, -0.2) is 34.2 Å². The average Bonchev–Trinajstić information content (AvgIpc) is 2.85. The topological polar surface area (TPSA) is 58.2 Å². The van der Waals surface area contributed by atoms with Crippen LogP contribution in [0, 0.1) is 0 Å². The molecule has 1 fully saturated rings. The molecule has 5 heteroatoms. The Morgan fingerprint density at radius 3 is 2.79 bits per heavy atom. The normalized spacial score (nSPS) is 29.4. The van der Waals surface area contributed by atoms with E-state index in [0.29, 0.717) is 18.1 Å². The molecule has 2 aliphatic heterocycles. The van der Waals surface area contributed by atoms with E-state index in [0.717, 1.165) is 24.1 Å². The lowest BCUT2D eigenvalue weighted by Gasteiger charge is -2.24. The third kappa shape index (κ3) is 2.66. The van der Waals surface area contributed by atoms with Gasteiger partial charge < -0.3 is 10.6 Å². The minimum Gasteiger partial charge on any atom is -0.384 e. The maximum Gasteiger partial charge on any atom is 0.229 e. The van der Waals surface area contributed by atoms with Gasteiger partial charge in [-0.1, -0.05) is 18.2 Å². The molecule has 102 valence electrons. The minimum absolute atomic E-state index is 0.0927. The van der Waals surface area contributed by atoms with Crippen molar-refractivity contribution in [3.63, 3.8) is 0 Å². The van der Waals surface area contributed by atoms with Crippen molar-refractivity contribution in [2.24, 2.45) is 0 Å². The van der Waals surface area contributed by atoms with Gasteiger partial charge in [0.1, 0.15) is 0 Å². The zero-order chi connectivity index (χ0) is 13.2. The van der Waals surface area contributed by atoms with Crippen molar-refractivity contribution in [3.8, 4) is 0 Å². The molecule has 0 aliphatic carbocycles. The van der Waals surface area contributed by atoms with Gasteiger partial charge in [-0.05, 0) is 24.5 Å². The van der Waals surface area contributed by atoms with Gasteiger partial charge in [-0.2, -0.15) is 0 Å². The Hall–Kier alpha value is -1.36. The van der Waals surface area contributed by atoms with Crippen LogP contribution in [0.3, 0.4) is 0 Å². The highest BCUT2D eigenvalue weighted by molar-refractivity contribution is 7.85. The van der Waals surface area contributed by atoms with Crippen LogP contribution in [0.2, 0.25) is 0 Å². The van der Waals surface area contributed by atoms with Gasteiger partial charge in [0.05, 0.1) is 5.92 Å². The van der Waals surface area contributed by atoms with Crippen LogP contribution in [0.15, 0.2) is 24.3 Å². The highest BCUT2D eigenvalue weighted by atomic mass is 32.2. The fourth-order valence-electron chi connectivity index (χ4n) is 2.76. The monoisotopic (exact) mass is 278 g/mol. The summed E-state index contributed by atoms with van der Waals surface area (Å²) in [6.45, 7) is 0.670. The van der Waals surface area contributed by atoms with E-state index in [1.165, 1.54) is 0 Å². The molecule has 1 atom stereocenters. The smallest absolute Gasteiger partial charge is 0.229 e. The van der Waals surface area contributed by atoms with Crippen molar-refractivity contribution in [3.05, 3.63) is 29.8 Å². The van der Waals surface area contributed by atoms with E-state index in [1.807, 2.05) is 24.3 Å². The number of carbonyl (C=O) groups is 1. The fourth-order valence-corrected chi connectivity index (χ4v) is 4.06. The maximum atomic E-state index is 12.3. The summed E-state index contributed by atoms with van der Waals surface area (Å²) in [7, 11) is -0.678. The number of benzene rings is 1. The van der Waals surface area contributed by atoms with Crippen LogP contribution in [0.4, 0.5) is 5.69 Å². The summed E-state index contributed by atoms with van der Waals surface area (Å²) in [6.07, 6.45) is 1.67. The molecular weight excluding hydrogens is 260 g/mol. The van der Waals surface area contributed by atoms with Crippen molar-refractivity contribution < 1.29 is 9.00 Å². The van der Waals surface area contributed by atoms with Crippen LogP contribution >= 0.6 is 0 Å². The van der Waals surface area contributed by atoms with E-state index in [1.54, 1.807) is 0 Å². The van der Waals surface area contributed by atoms with Crippen LogP contribution in [0.25, 0.3) is 0 Å². The number of amides is 1. The van der Waals surface area contributed by atoms with Crippen molar-refractivity contribution in [2.75, 3.05) is 23.4 Å². The Kier molecular flexibility index (Phi) is 3.55. The molecule has 2 N–H and O–H groups in total. The number of rotatable bonds is 2. The molecule has 1 amide bonds. The Morgan fingerprint density at radius 1 is 1.26 bits per heavy atom. The number of hydrogen-bond acceptors (Lipinski definition) is 3. The molecule has 1 aromatic carbocycles. The first-order valence-electron chi connectivity index (χ1n) is 6.72. The summed E-state index contributed by atoms with van der Waals surface area (Å²) in [5, 5.41) is 6.37. The second-order valence-electron chi connectivity index (χ2n) is 5.15. The van der Waals surface area contributed by atoms with Crippen LogP contribution in [0.5, 0.6) is 0 Å². The van der Waals surface area contributed by atoms with Gasteiger partial charge in [-0.3, -0.25) is 9.00 Å². The number of para-hydroxylation sites is 1. The molecule has 0 saturated carbocycles. The predicted octanol–water partition coefficient (Wildman–Crippen LogP) is 1.22. The summed E-state index contributed by atoms with van der Waals surface area (Å²) in [4.78, 5) is 12.3. The Bertz CT molecular complexity index is 508. The average molecular weight is 278 g/mol. The molecule has 3 rings (SSSR count). The number of carbonyl (C=O) groups excluding carboxylic acids is 1. The molecule has 1 saturated heterocycles. The molecule has 4 nitrogen and oxygen atoms in total. The Morgan fingerprint density at radius 2 is 2.00 bits per heavy atom. The zero-order valence-electron chi connectivity index (χ0n) is 10.7. The predicted molar refractivity (Wildman–Crippen MR) is 76.7 cm³/mol. The van der Waals surface area contributed by atoms with Crippen LogP contribution in [-0.2, 0) is 15.6 Å². The van der Waals surface area contributed by atoms with E-state index in [9.17, 15) is 9.00 Å². The van der Waals surface area contributed by atoms with E-state index in [-0.39, 0.29) is 17.9 Å². The standard InChI is InChI=1S/C14H18N2O2S/c17-14(16-10-5-7-19(18)8-6-10)12-9-15-13-4-2-1-3-11(12)13/h1-4,10,12,15H,5-9H2,(H,16,17). The molecule has 1 aromatic rings. The van der Waals surface area contributed by atoms with E-state index in [2.05, 4.69) is 10.6 Å². The highest BCUT2D eigenvalue weighted by Crippen LogP contribution is 2.31. The summed E-state index contributed by atoms with van der Waals surface area (Å²) in [5.74, 6) is 1.42. The molecular formula is C14H18N2O2S. The molecule has 0 radical (unpaired) electrons. The second-order valence-corrected chi connectivity index (χ2v) is 6.85. The molecule has 19 heavy (non-hydrogen) atoms. The Balaban J connectivity index is 1.64. The molecule has 2 aliphatic rings. The highest BCUT2D eigenvalue weighted by Gasteiger charge is 2.30. The van der Waals surface area contributed by atoms with Gasteiger partial charge in [-0.15, -0.1) is 0 Å². The first kappa shape index (κ1) is 12.7. The van der Waals surface area contributed by atoms with Crippen molar-refractivity contribution in [1.82, 2.24) is 5.32 Å². The number of fused-ring (bicyclic) bond motifs is 1. The van der Waals surface area contributed by atoms with Gasteiger partial charge in [0.15, 0.2) is 0 Å². The second kappa shape index (κ2) is 5.33. The minimum atomic E-state index is -0.678. The number of nitrogens with one attached hydrogen (secondary N) is 2. The van der Waals surface area contributed by atoms with E-state index < -0.39 is 10.8 Å². The zero-order valence-corrected chi connectivity index (χ0v) is 11.5. The molecule has 0 bridgehead atoms. The van der Waals surface area contributed by atoms with E-state index >= 15 is 0 Å².